The van der Waals surface area contributed by atoms with Crippen LogP contribution in [0.25, 0.3) is 0 Å². The van der Waals surface area contributed by atoms with E-state index in [0.29, 0.717) is 5.69 Å². The molecule has 1 atom stereocenters. The second kappa shape index (κ2) is 4.93. The molecule has 2 aromatic carbocycles. The number of hydrogen-bond donors (Lipinski definition) is 1. The Balaban J connectivity index is 1.92. The maximum atomic E-state index is 13.6. The Morgan fingerprint density at radius 2 is 2.05 bits per heavy atom. The van der Waals surface area contributed by atoms with Crippen LogP contribution < -0.4 is 5.32 Å². The third-order valence-electron chi connectivity index (χ3n) is 3.64. The van der Waals surface area contributed by atoms with E-state index in [9.17, 15) is 8.78 Å². The molecule has 0 amide bonds. The van der Waals surface area contributed by atoms with Crippen LogP contribution in [0.3, 0.4) is 0 Å². The molecule has 1 N–H and O–H groups in total. The zero-order valence-corrected chi connectivity index (χ0v) is 10.7. The smallest absolute Gasteiger partial charge is 0.143 e. The first kappa shape index (κ1) is 12.6. The minimum atomic E-state index is -0.533. The zero-order valence-electron chi connectivity index (χ0n) is 10.7. The van der Waals surface area contributed by atoms with Crippen molar-refractivity contribution in [2.75, 3.05) is 5.32 Å². The molecule has 0 radical (unpaired) electrons. The number of nitrogens with one attached hydrogen (secondary N) is 1. The molecule has 100 valence electrons. The number of aryl methyl sites for hydroxylation is 1. The molecule has 1 unspecified atom stereocenters. The van der Waals surface area contributed by atoms with Gasteiger partial charge >= 0.3 is 0 Å². The van der Waals surface area contributed by atoms with Crippen LogP contribution in [0.1, 0.15) is 29.2 Å². The lowest BCUT2D eigenvalue weighted by Gasteiger charge is -2.16. The molecule has 0 aromatic heterocycles. The summed E-state index contributed by atoms with van der Waals surface area (Å²) in [6.45, 7) is 0. The quantitative estimate of drug-likeness (QED) is 0.897. The molecule has 0 spiro atoms. The van der Waals surface area contributed by atoms with E-state index in [2.05, 4.69) is 5.32 Å². The summed E-state index contributed by atoms with van der Waals surface area (Å²) in [6, 6.07) is 11.1. The SMILES string of the molecule is N#Cc1c(F)cccc1NC1CCc2cc(F)ccc21. The van der Waals surface area contributed by atoms with E-state index in [-0.39, 0.29) is 17.4 Å². The van der Waals surface area contributed by atoms with E-state index in [4.69, 9.17) is 5.26 Å². The van der Waals surface area contributed by atoms with Gasteiger partial charge in [-0.05, 0) is 48.2 Å². The molecule has 0 saturated carbocycles. The fourth-order valence-electron chi connectivity index (χ4n) is 2.68. The summed E-state index contributed by atoms with van der Waals surface area (Å²) < 4.78 is 26.7. The number of fused-ring (bicyclic) bond motifs is 1. The summed E-state index contributed by atoms with van der Waals surface area (Å²) in [5.41, 5.74) is 2.48. The average molecular weight is 270 g/mol. The van der Waals surface area contributed by atoms with E-state index >= 15 is 0 Å². The summed E-state index contributed by atoms with van der Waals surface area (Å²) in [4.78, 5) is 0. The summed E-state index contributed by atoms with van der Waals surface area (Å²) in [5, 5.41) is 12.2. The van der Waals surface area contributed by atoms with Crippen LogP contribution in [0.2, 0.25) is 0 Å². The second-order valence-electron chi connectivity index (χ2n) is 4.85. The highest BCUT2D eigenvalue weighted by Gasteiger charge is 2.23. The van der Waals surface area contributed by atoms with Crippen LogP contribution in [0.5, 0.6) is 0 Å². The third kappa shape index (κ3) is 2.12. The Morgan fingerprint density at radius 1 is 1.20 bits per heavy atom. The third-order valence-corrected chi connectivity index (χ3v) is 3.64. The number of nitriles is 1. The van der Waals surface area contributed by atoms with Crippen LogP contribution >= 0.6 is 0 Å². The van der Waals surface area contributed by atoms with Gasteiger partial charge in [-0.15, -0.1) is 0 Å². The molecule has 0 fully saturated rings. The van der Waals surface area contributed by atoms with Gasteiger partial charge < -0.3 is 5.32 Å². The summed E-state index contributed by atoms with van der Waals surface area (Å²) in [5.74, 6) is -0.775. The van der Waals surface area contributed by atoms with Crippen LogP contribution in [0.4, 0.5) is 14.5 Å². The van der Waals surface area contributed by atoms with Gasteiger partial charge in [0.05, 0.1) is 11.7 Å². The van der Waals surface area contributed by atoms with Gasteiger partial charge in [-0.25, -0.2) is 8.78 Å². The second-order valence-corrected chi connectivity index (χ2v) is 4.85. The van der Waals surface area contributed by atoms with Gasteiger partial charge in [0, 0.05) is 0 Å². The molecular weight excluding hydrogens is 258 g/mol. The fraction of sp³-hybridized carbons (Fsp3) is 0.188. The van der Waals surface area contributed by atoms with Gasteiger partial charge in [0.1, 0.15) is 23.3 Å². The lowest BCUT2D eigenvalue weighted by molar-refractivity contribution is 0.623. The molecule has 1 aliphatic carbocycles. The zero-order chi connectivity index (χ0) is 14.1. The number of benzene rings is 2. The van der Waals surface area contributed by atoms with Crippen molar-refractivity contribution in [1.82, 2.24) is 0 Å². The Morgan fingerprint density at radius 3 is 2.85 bits per heavy atom. The number of hydrogen-bond acceptors (Lipinski definition) is 2. The van der Waals surface area contributed by atoms with Crippen molar-refractivity contribution < 1.29 is 8.78 Å². The number of anilines is 1. The maximum absolute atomic E-state index is 13.6. The van der Waals surface area contributed by atoms with Crippen molar-refractivity contribution in [2.24, 2.45) is 0 Å². The minimum absolute atomic E-state index is 0.0144. The topological polar surface area (TPSA) is 35.8 Å². The molecule has 0 aliphatic heterocycles. The number of halogens is 2. The summed E-state index contributed by atoms with van der Waals surface area (Å²) in [6.07, 6.45) is 1.59. The van der Waals surface area contributed by atoms with Crippen molar-refractivity contribution in [1.29, 1.82) is 5.26 Å². The van der Waals surface area contributed by atoms with Gasteiger partial charge in [0.2, 0.25) is 0 Å². The van der Waals surface area contributed by atoms with E-state index in [0.717, 1.165) is 24.0 Å². The highest BCUT2D eigenvalue weighted by molar-refractivity contribution is 5.59. The van der Waals surface area contributed by atoms with Crippen molar-refractivity contribution in [2.45, 2.75) is 18.9 Å². The van der Waals surface area contributed by atoms with Crippen LogP contribution in [0.15, 0.2) is 36.4 Å². The normalized spacial score (nSPS) is 16.6. The van der Waals surface area contributed by atoms with Crippen LogP contribution in [-0.4, -0.2) is 0 Å². The molecule has 20 heavy (non-hydrogen) atoms. The van der Waals surface area contributed by atoms with Gasteiger partial charge in [-0.2, -0.15) is 5.26 Å². The first-order valence-corrected chi connectivity index (χ1v) is 6.42. The van der Waals surface area contributed by atoms with Crippen molar-refractivity contribution in [3.8, 4) is 6.07 Å². The Hall–Kier alpha value is -2.41. The molecule has 1 aliphatic rings. The van der Waals surface area contributed by atoms with Crippen molar-refractivity contribution in [3.63, 3.8) is 0 Å². The number of nitrogens with zero attached hydrogens (tertiary/aromatic N) is 1. The molecular formula is C16H12F2N2. The van der Waals surface area contributed by atoms with E-state index in [1.807, 2.05) is 6.07 Å². The molecule has 2 aromatic rings. The lowest BCUT2D eigenvalue weighted by Crippen LogP contribution is -2.09. The van der Waals surface area contributed by atoms with Gasteiger partial charge in [-0.3, -0.25) is 0 Å². The highest BCUT2D eigenvalue weighted by atomic mass is 19.1. The van der Waals surface area contributed by atoms with Crippen LogP contribution in [0, 0.1) is 23.0 Å². The monoisotopic (exact) mass is 270 g/mol. The Labute approximate surface area is 115 Å². The molecule has 4 heteroatoms. The Kier molecular flexibility index (Phi) is 3.11. The Bertz CT molecular complexity index is 704. The standard InChI is InChI=1S/C16H12F2N2/c17-11-5-6-12-10(8-11)4-7-16(12)20-15-3-1-2-14(18)13(15)9-19/h1-3,5-6,8,16,20H,4,7H2. The minimum Gasteiger partial charge on any atom is -0.377 e. The van der Waals surface area contributed by atoms with Gasteiger partial charge in [-0.1, -0.05) is 12.1 Å². The van der Waals surface area contributed by atoms with Crippen molar-refractivity contribution in [3.05, 3.63) is 64.7 Å². The van der Waals surface area contributed by atoms with E-state index in [1.54, 1.807) is 18.2 Å². The average Bonchev–Trinajstić information content (AvgIpc) is 2.81. The molecule has 0 bridgehead atoms. The predicted octanol–water partition coefficient (Wildman–Crippen LogP) is 3.94. The lowest BCUT2D eigenvalue weighted by atomic mass is 10.1. The molecule has 3 rings (SSSR count). The highest BCUT2D eigenvalue weighted by Crippen LogP contribution is 2.35. The first-order valence-electron chi connectivity index (χ1n) is 6.42. The molecule has 0 heterocycles. The summed E-state index contributed by atoms with van der Waals surface area (Å²) in [7, 11) is 0. The summed E-state index contributed by atoms with van der Waals surface area (Å²) >= 11 is 0. The first-order chi connectivity index (χ1) is 9.69. The number of rotatable bonds is 2. The molecule has 2 nitrogen and oxygen atoms in total. The van der Waals surface area contributed by atoms with Crippen LogP contribution in [-0.2, 0) is 6.42 Å². The van der Waals surface area contributed by atoms with E-state index in [1.165, 1.54) is 18.2 Å². The largest absolute Gasteiger partial charge is 0.377 e. The maximum Gasteiger partial charge on any atom is 0.143 e. The molecule has 0 saturated heterocycles. The predicted molar refractivity (Wildman–Crippen MR) is 72.2 cm³/mol. The van der Waals surface area contributed by atoms with Crippen molar-refractivity contribution >= 4 is 5.69 Å². The van der Waals surface area contributed by atoms with Gasteiger partial charge in [0.25, 0.3) is 0 Å². The van der Waals surface area contributed by atoms with E-state index < -0.39 is 5.82 Å². The van der Waals surface area contributed by atoms with Gasteiger partial charge in [0.15, 0.2) is 0 Å². The fourth-order valence-corrected chi connectivity index (χ4v) is 2.68.